The monoisotopic (exact) mass is 337 g/mol. The zero-order valence-electron chi connectivity index (χ0n) is 13.0. The van der Waals surface area contributed by atoms with E-state index in [-0.39, 0.29) is 12.3 Å². The van der Waals surface area contributed by atoms with Crippen LogP contribution >= 0.6 is 11.3 Å². The molecule has 6 heteroatoms. The quantitative estimate of drug-likeness (QED) is 0.771. The summed E-state index contributed by atoms with van der Waals surface area (Å²) in [6, 6.07) is 10.8. The Balaban J connectivity index is 1.67. The van der Waals surface area contributed by atoms with Crippen molar-refractivity contribution < 1.29 is 9.21 Å². The van der Waals surface area contributed by atoms with E-state index in [2.05, 4.69) is 16.4 Å². The molecule has 1 aromatic carbocycles. The van der Waals surface area contributed by atoms with Gasteiger partial charge in [0.2, 0.25) is 5.91 Å². The summed E-state index contributed by atoms with van der Waals surface area (Å²) in [4.78, 5) is 16.7. The van der Waals surface area contributed by atoms with Crippen LogP contribution in [-0.4, -0.2) is 10.9 Å². The summed E-state index contributed by atoms with van der Waals surface area (Å²) < 4.78 is 5.04. The second kappa shape index (κ2) is 7.11. The number of nitriles is 1. The van der Waals surface area contributed by atoms with E-state index in [0.717, 1.165) is 21.7 Å². The van der Waals surface area contributed by atoms with E-state index in [1.54, 1.807) is 12.5 Å². The SMILES string of the molecule is Cc1ccccc1[C@@H](C#N)NC(=O)Cc1csc(-c2ccoc2)n1. The van der Waals surface area contributed by atoms with Crippen LogP contribution < -0.4 is 5.32 Å². The molecule has 0 fully saturated rings. The first-order chi connectivity index (χ1) is 11.7. The second-order valence-electron chi connectivity index (χ2n) is 5.32. The third-order valence-electron chi connectivity index (χ3n) is 3.60. The minimum atomic E-state index is -0.661. The summed E-state index contributed by atoms with van der Waals surface area (Å²) in [5.74, 6) is -0.228. The molecule has 0 bridgehead atoms. The molecule has 0 unspecified atom stereocenters. The third kappa shape index (κ3) is 3.53. The largest absolute Gasteiger partial charge is 0.472 e. The van der Waals surface area contributed by atoms with Gasteiger partial charge in [-0.25, -0.2) is 4.98 Å². The summed E-state index contributed by atoms with van der Waals surface area (Å²) in [5, 5.41) is 14.8. The molecule has 1 atom stereocenters. The van der Waals surface area contributed by atoms with Gasteiger partial charge in [-0.1, -0.05) is 24.3 Å². The first kappa shape index (κ1) is 16.0. The lowest BCUT2D eigenvalue weighted by atomic mass is 10.0. The van der Waals surface area contributed by atoms with Crippen LogP contribution in [-0.2, 0) is 11.2 Å². The molecule has 0 aliphatic rings. The smallest absolute Gasteiger partial charge is 0.227 e. The number of hydrogen-bond acceptors (Lipinski definition) is 5. The molecule has 0 radical (unpaired) electrons. The number of aryl methyl sites for hydroxylation is 1. The molecule has 1 amide bonds. The summed E-state index contributed by atoms with van der Waals surface area (Å²) in [7, 11) is 0. The van der Waals surface area contributed by atoms with Crippen LogP contribution in [0.25, 0.3) is 10.6 Å². The molecule has 120 valence electrons. The van der Waals surface area contributed by atoms with Crippen molar-refractivity contribution in [1.82, 2.24) is 10.3 Å². The van der Waals surface area contributed by atoms with Gasteiger partial charge in [0.1, 0.15) is 17.3 Å². The van der Waals surface area contributed by atoms with Gasteiger partial charge in [0.05, 0.1) is 24.4 Å². The summed E-state index contributed by atoms with van der Waals surface area (Å²) in [6.45, 7) is 1.92. The van der Waals surface area contributed by atoms with E-state index < -0.39 is 6.04 Å². The van der Waals surface area contributed by atoms with E-state index in [0.29, 0.717) is 5.69 Å². The number of benzene rings is 1. The van der Waals surface area contributed by atoms with Gasteiger partial charge >= 0.3 is 0 Å². The van der Waals surface area contributed by atoms with Crippen molar-refractivity contribution in [3.63, 3.8) is 0 Å². The van der Waals surface area contributed by atoms with Crippen LogP contribution in [0.3, 0.4) is 0 Å². The Morgan fingerprint density at radius 1 is 1.42 bits per heavy atom. The van der Waals surface area contributed by atoms with E-state index in [1.807, 2.05) is 42.6 Å². The summed E-state index contributed by atoms with van der Waals surface area (Å²) in [5.41, 5.74) is 3.35. The lowest BCUT2D eigenvalue weighted by Crippen LogP contribution is -2.29. The first-order valence-corrected chi connectivity index (χ1v) is 8.27. The van der Waals surface area contributed by atoms with E-state index >= 15 is 0 Å². The fourth-order valence-electron chi connectivity index (χ4n) is 2.37. The lowest BCUT2D eigenvalue weighted by Gasteiger charge is -2.13. The van der Waals surface area contributed by atoms with Gasteiger partial charge in [-0.3, -0.25) is 4.79 Å². The van der Waals surface area contributed by atoms with Crippen molar-refractivity contribution >= 4 is 17.2 Å². The van der Waals surface area contributed by atoms with Crippen LogP contribution in [0.5, 0.6) is 0 Å². The van der Waals surface area contributed by atoms with Crippen molar-refractivity contribution in [2.24, 2.45) is 0 Å². The van der Waals surface area contributed by atoms with Crippen molar-refractivity contribution in [3.05, 3.63) is 65.1 Å². The fourth-order valence-corrected chi connectivity index (χ4v) is 3.18. The average molecular weight is 337 g/mol. The molecule has 0 aliphatic heterocycles. The lowest BCUT2D eigenvalue weighted by molar-refractivity contribution is -0.120. The highest BCUT2D eigenvalue weighted by Crippen LogP contribution is 2.24. The van der Waals surface area contributed by atoms with E-state index in [1.165, 1.54) is 11.3 Å². The Bertz CT molecular complexity index is 878. The van der Waals surface area contributed by atoms with Gasteiger partial charge in [0.15, 0.2) is 0 Å². The van der Waals surface area contributed by atoms with Gasteiger partial charge in [-0.15, -0.1) is 11.3 Å². The maximum atomic E-state index is 12.2. The first-order valence-electron chi connectivity index (χ1n) is 7.39. The Hall–Kier alpha value is -2.91. The molecule has 3 aromatic rings. The fraction of sp³-hybridized carbons (Fsp3) is 0.167. The van der Waals surface area contributed by atoms with Gasteiger partial charge < -0.3 is 9.73 Å². The normalized spacial score (nSPS) is 11.7. The van der Waals surface area contributed by atoms with Crippen molar-refractivity contribution in [2.75, 3.05) is 0 Å². The third-order valence-corrected chi connectivity index (χ3v) is 4.54. The molecular weight excluding hydrogens is 322 g/mol. The number of nitrogens with one attached hydrogen (secondary N) is 1. The highest BCUT2D eigenvalue weighted by Gasteiger charge is 2.17. The Labute approximate surface area is 143 Å². The van der Waals surface area contributed by atoms with Crippen LogP contribution in [0.1, 0.15) is 22.9 Å². The number of amides is 1. The maximum absolute atomic E-state index is 12.2. The van der Waals surface area contributed by atoms with Crippen molar-refractivity contribution in [2.45, 2.75) is 19.4 Å². The van der Waals surface area contributed by atoms with Crippen LogP contribution in [0.15, 0.2) is 52.7 Å². The number of aromatic nitrogens is 1. The molecule has 0 saturated heterocycles. The number of hydrogen-bond donors (Lipinski definition) is 1. The predicted molar refractivity (Wildman–Crippen MR) is 91.2 cm³/mol. The van der Waals surface area contributed by atoms with Crippen LogP contribution in [0.4, 0.5) is 0 Å². The zero-order chi connectivity index (χ0) is 16.9. The summed E-state index contributed by atoms with van der Waals surface area (Å²) >= 11 is 1.46. The molecule has 24 heavy (non-hydrogen) atoms. The number of thiazole rings is 1. The minimum absolute atomic E-state index is 0.137. The van der Waals surface area contributed by atoms with Crippen LogP contribution in [0, 0.1) is 18.3 Å². The Morgan fingerprint density at radius 3 is 2.96 bits per heavy atom. The van der Waals surface area contributed by atoms with Gasteiger partial charge in [0.25, 0.3) is 0 Å². The molecule has 3 rings (SSSR count). The second-order valence-corrected chi connectivity index (χ2v) is 6.18. The standard InChI is InChI=1S/C18H15N3O2S/c1-12-4-2-3-5-15(12)16(9-19)21-17(22)8-14-11-24-18(20-14)13-6-7-23-10-13/h2-7,10-11,16H,8H2,1H3,(H,21,22)/t16-/m1/s1. The summed E-state index contributed by atoms with van der Waals surface area (Å²) in [6.07, 6.45) is 3.34. The van der Waals surface area contributed by atoms with Gasteiger partial charge in [-0.2, -0.15) is 5.26 Å². The van der Waals surface area contributed by atoms with Crippen molar-refractivity contribution in [3.8, 4) is 16.6 Å². The minimum Gasteiger partial charge on any atom is -0.472 e. The van der Waals surface area contributed by atoms with Crippen molar-refractivity contribution in [1.29, 1.82) is 5.26 Å². The van der Waals surface area contributed by atoms with Gasteiger partial charge in [-0.05, 0) is 24.1 Å². The number of furan rings is 1. The maximum Gasteiger partial charge on any atom is 0.227 e. The molecule has 0 saturated carbocycles. The molecule has 0 aliphatic carbocycles. The predicted octanol–water partition coefficient (Wildman–Crippen LogP) is 3.64. The molecular formula is C18H15N3O2S. The molecule has 5 nitrogen and oxygen atoms in total. The van der Waals surface area contributed by atoms with E-state index in [4.69, 9.17) is 4.42 Å². The Kier molecular flexibility index (Phi) is 4.73. The number of rotatable bonds is 5. The molecule has 0 spiro atoms. The number of carbonyl (C=O) groups is 1. The average Bonchev–Trinajstić information content (AvgIpc) is 3.24. The number of carbonyl (C=O) groups excluding carboxylic acids is 1. The number of nitrogens with zero attached hydrogens (tertiary/aromatic N) is 2. The highest BCUT2D eigenvalue weighted by atomic mass is 32.1. The molecule has 2 heterocycles. The zero-order valence-corrected chi connectivity index (χ0v) is 13.8. The molecule has 1 N–H and O–H groups in total. The topological polar surface area (TPSA) is 78.9 Å². The van der Waals surface area contributed by atoms with E-state index in [9.17, 15) is 10.1 Å². The Morgan fingerprint density at radius 2 is 2.25 bits per heavy atom. The molecule has 2 aromatic heterocycles. The van der Waals surface area contributed by atoms with Crippen LogP contribution in [0.2, 0.25) is 0 Å². The highest BCUT2D eigenvalue weighted by molar-refractivity contribution is 7.13. The van der Waals surface area contributed by atoms with Gasteiger partial charge in [0, 0.05) is 10.9 Å².